The minimum Gasteiger partial charge on any atom is -0.478 e. The lowest BCUT2D eigenvalue weighted by atomic mass is 10.1. The first-order valence-corrected chi connectivity index (χ1v) is 9.50. The molecule has 1 unspecified atom stereocenters. The standard InChI is InChI=1S/C12H16BrNO5S2/c1-12(17,7-20-2)6-14-21(18,19)8-3-4-10(13)9(5-8)11(15)16/h3-5,14,17H,6-7H2,1-2H3,(H,15,16). The van der Waals surface area contributed by atoms with Crippen molar-refractivity contribution in [2.24, 2.45) is 0 Å². The van der Waals surface area contributed by atoms with Gasteiger partial charge in [0.25, 0.3) is 0 Å². The molecule has 0 aromatic heterocycles. The van der Waals surface area contributed by atoms with Crippen LogP contribution in [0.4, 0.5) is 0 Å². The fourth-order valence-electron chi connectivity index (χ4n) is 1.53. The van der Waals surface area contributed by atoms with Gasteiger partial charge < -0.3 is 10.2 Å². The number of rotatable bonds is 7. The molecule has 0 spiro atoms. The molecule has 0 aliphatic rings. The largest absolute Gasteiger partial charge is 0.478 e. The van der Waals surface area contributed by atoms with Gasteiger partial charge in [0.05, 0.1) is 16.1 Å². The van der Waals surface area contributed by atoms with Gasteiger partial charge in [-0.2, -0.15) is 11.8 Å². The van der Waals surface area contributed by atoms with Crippen LogP contribution in [0.2, 0.25) is 0 Å². The highest BCUT2D eigenvalue weighted by Gasteiger charge is 2.24. The lowest BCUT2D eigenvalue weighted by Gasteiger charge is -2.22. The lowest BCUT2D eigenvalue weighted by molar-refractivity contribution is 0.0695. The van der Waals surface area contributed by atoms with Crippen LogP contribution in [0.1, 0.15) is 17.3 Å². The zero-order valence-electron chi connectivity index (χ0n) is 11.5. The smallest absolute Gasteiger partial charge is 0.336 e. The predicted molar refractivity (Wildman–Crippen MR) is 85.3 cm³/mol. The molecule has 1 aromatic carbocycles. The average molecular weight is 398 g/mol. The molecule has 0 saturated heterocycles. The van der Waals surface area contributed by atoms with Crippen LogP contribution < -0.4 is 4.72 Å². The highest BCUT2D eigenvalue weighted by molar-refractivity contribution is 9.10. The number of benzene rings is 1. The number of hydrogen-bond acceptors (Lipinski definition) is 5. The number of aromatic carboxylic acids is 1. The van der Waals surface area contributed by atoms with E-state index in [4.69, 9.17) is 5.11 Å². The van der Waals surface area contributed by atoms with Crippen LogP contribution in [0.5, 0.6) is 0 Å². The summed E-state index contributed by atoms with van der Waals surface area (Å²) in [5, 5.41) is 19.0. The second kappa shape index (κ2) is 7.10. The van der Waals surface area contributed by atoms with E-state index in [0.717, 1.165) is 6.07 Å². The number of carbonyl (C=O) groups is 1. The predicted octanol–water partition coefficient (Wildman–Crippen LogP) is 1.54. The van der Waals surface area contributed by atoms with Crippen molar-refractivity contribution in [3.8, 4) is 0 Å². The highest BCUT2D eigenvalue weighted by atomic mass is 79.9. The molecule has 1 atom stereocenters. The molecule has 0 amide bonds. The van der Waals surface area contributed by atoms with E-state index in [2.05, 4.69) is 20.7 Å². The van der Waals surface area contributed by atoms with Crippen LogP contribution in [-0.4, -0.2) is 48.8 Å². The van der Waals surface area contributed by atoms with Gasteiger partial charge in [0.2, 0.25) is 10.0 Å². The molecular formula is C12H16BrNO5S2. The first kappa shape index (κ1) is 18.4. The van der Waals surface area contributed by atoms with E-state index in [9.17, 15) is 18.3 Å². The highest BCUT2D eigenvalue weighted by Crippen LogP contribution is 2.21. The van der Waals surface area contributed by atoms with Gasteiger partial charge in [-0.3, -0.25) is 0 Å². The number of carboxylic acid groups (broad SMARTS) is 1. The quantitative estimate of drug-likeness (QED) is 0.644. The minimum absolute atomic E-state index is 0.145. The van der Waals surface area contributed by atoms with E-state index in [0.29, 0.717) is 10.2 Å². The molecule has 0 radical (unpaired) electrons. The minimum atomic E-state index is -3.89. The number of sulfonamides is 1. The maximum atomic E-state index is 12.1. The van der Waals surface area contributed by atoms with Crippen molar-refractivity contribution in [2.45, 2.75) is 17.4 Å². The number of nitrogens with one attached hydrogen (secondary N) is 1. The summed E-state index contributed by atoms with van der Waals surface area (Å²) in [7, 11) is -3.89. The molecule has 118 valence electrons. The van der Waals surface area contributed by atoms with Gasteiger partial charge >= 0.3 is 5.97 Å². The van der Waals surface area contributed by atoms with Crippen LogP contribution in [0.25, 0.3) is 0 Å². The summed E-state index contributed by atoms with van der Waals surface area (Å²) in [4.78, 5) is 10.9. The van der Waals surface area contributed by atoms with E-state index in [1.54, 1.807) is 6.26 Å². The molecule has 1 aromatic rings. The molecule has 0 bridgehead atoms. The molecule has 1 rings (SSSR count). The molecule has 6 nitrogen and oxygen atoms in total. The molecule has 0 saturated carbocycles. The van der Waals surface area contributed by atoms with Crippen molar-refractivity contribution >= 4 is 43.7 Å². The third-order valence-corrected chi connectivity index (χ3v) is 5.58. The van der Waals surface area contributed by atoms with Gasteiger partial charge in [-0.25, -0.2) is 17.9 Å². The Balaban J connectivity index is 2.99. The van der Waals surface area contributed by atoms with Crippen molar-refractivity contribution in [3.63, 3.8) is 0 Å². The SMILES string of the molecule is CSCC(C)(O)CNS(=O)(=O)c1ccc(Br)c(C(=O)O)c1. The van der Waals surface area contributed by atoms with E-state index < -0.39 is 21.6 Å². The maximum absolute atomic E-state index is 12.1. The van der Waals surface area contributed by atoms with Crippen molar-refractivity contribution in [3.05, 3.63) is 28.2 Å². The van der Waals surface area contributed by atoms with E-state index in [1.807, 2.05) is 0 Å². The lowest BCUT2D eigenvalue weighted by Crippen LogP contribution is -2.42. The van der Waals surface area contributed by atoms with Gasteiger partial charge in [0.1, 0.15) is 0 Å². The maximum Gasteiger partial charge on any atom is 0.336 e. The Morgan fingerprint density at radius 3 is 2.62 bits per heavy atom. The van der Waals surface area contributed by atoms with Crippen molar-refractivity contribution in [1.82, 2.24) is 4.72 Å². The number of hydrogen-bond donors (Lipinski definition) is 3. The summed E-state index contributed by atoms with van der Waals surface area (Å²) in [5.41, 5.74) is -1.33. The van der Waals surface area contributed by atoms with Gasteiger partial charge in [0.15, 0.2) is 0 Å². The van der Waals surface area contributed by atoms with Gasteiger partial charge in [-0.05, 0) is 47.3 Å². The number of carboxylic acids is 1. The third kappa shape index (κ3) is 5.26. The molecule has 0 heterocycles. The number of aliphatic hydroxyl groups is 1. The fourth-order valence-corrected chi connectivity index (χ4v) is 3.86. The van der Waals surface area contributed by atoms with Crippen LogP contribution >= 0.6 is 27.7 Å². The molecule has 0 fully saturated rings. The Morgan fingerprint density at radius 2 is 2.10 bits per heavy atom. The molecule has 0 aliphatic heterocycles. The molecule has 21 heavy (non-hydrogen) atoms. The third-order valence-electron chi connectivity index (χ3n) is 2.58. The summed E-state index contributed by atoms with van der Waals surface area (Å²) >= 11 is 4.44. The monoisotopic (exact) mass is 397 g/mol. The molecule has 9 heteroatoms. The van der Waals surface area contributed by atoms with Gasteiger partial charge in [-0.15, -0.1) is 0 Å². The van der Waals surface area contributed by atoms with Gasteiger partial charge in [0, 0.05) is 16.8 Å². The first-order chi connectivity index (χ1) is 9.59. The summed E-state index contributed by atoms with van der Waals surface area (Å²) in [5.74, 6) is -0.857. The number of halogens is 1. The first-order valence-electron chi connectivity index (χ1n) is 5.83. The second-order valence-corrected chi connectivity index (χ2v) is 8.19. The Bertz CT molecular complexity index is 631. The van der Waals surface area contributed by atoms with Crippen LogP contribution in [-0.2, 0) is 10.0 Å². The summed E-state index contributed by atoms with van der Waals surface area (Å²) in [6, 6.07) is 3.72. The zero-order chi connectivity index (χ0) is 16.3. The molecule has 0 aliphatic carbocycles. The summed E-state index contributed by atoms with van der Waals surface area (Å²) in [6.45, 7) is 1.37. The zero-order valence-corrected chi connectivity index (χ0v) is 14.7. The van der Waals surface area contributed by atoms with Crippen molar-refractivity contribution < 1.29 is 23.4 Å². The Morgan fingerprint density at radius 1 is 1.48 bits per heavy atom. The van der Waals surface area contributed by atoms with Crippen molar-refractivity contribution in [2.75, 3.05) is 18.6 Å². The fraction of sp³-hybridized carbons (Fsp3) is 0.417. The van der Waals surface area contributed by atoms with Crippen molar-refractivity contribution in [1.29, 1.82) is 0 Å². The van der Waals surface area contributed by atoms with Crippen LogP contribution in [0, 0.1) is 0 Å². The van der Waals surface area contributed by atoms with Gasteiger partial charge in [-0.1, -0.05) is 0 Å². The summed E-state index contributed by atoms with van der Waals surface area (Å²) in [6.07, 6.45) is 1.80. The Kier molecular flexibility index (Phi) is 6.23. The topological polar surface area (TPSA) is 104 Å². The molecular weight excluding hydrogens is 382 g/mol. The average Bonchev–Trinajstić information content (AvgIpc) is 2.36. The van der Waals surface area contributed by atoms with E-state index in [-0.39, 0.29) is 17.0 Å². The van der Waals surface area contributed by atoms with E-state index in [1.165, 1.54) is 30.8 Å². The second-order valence-electron chi connectivity index (χ2n) is 4.70. The Labute approximate surface area is 136 Å². The van der Waals surface area contributed by atoms with Crippen LogP contribution in [0.15, 0.2) is 27.6 Å². The summed E-state index contributed by atoms with van der Waals surface area (Å²) < 4.78 is 26.8. The molecule has 3 N–H and O–H groups in total. The number of thioether (sulfide) groups is 1. The normalized spacial score (nSPS) is 14.7. The Hall–Kier alpha value is -0.610. The van der Waals surface area contributed by atoms with Crippen LogP contribution in [0.3, 0.4) is 0 Å². The van der Waals surface area contributed by atoms with E-state index >= 15 is 0 Å².